The van der Waals surface area contributed by atoms with Crippen LogP contribution in [0.25, 0.3) is 32.0 Å². The van der Waals surface area contributed by atoms with Gasteiger partial charge in [-0.2, -0.15) is 0 Å². The standard InChI is InChI=1S/C34H36N6O4S2/c1-18(2)23-17-46(41,42)32-29(28(34-40-39-19(3)44-34)26(37-30(23)32)15-20-9-13-43-14-10-20)27-16-21-8-12-36-33(31(21)45-27)38-25-7-6-24-22(25)5-4-11-35-24/h4-5,8,11-12,16,18,20,23,25H,6-7,9-10,13-15,17H2,1-3H3,(H,36,38)/t23?,25-/m1/s1. The van der Waals surface area contributed by atoms with E-state index >= 15 is 0 Å². The Morgan fingerprint density at radius 3 is 2.70 bits per heavy atom. The van der Waals surface area contributed by atoms with E-state index in [4.69, 9.17) is 19.1 Å². The molecule has 0 saturated carbocycles. The van der Waals surface area contributed by atoms with Crippen molar-refractivity contribution >= 4 is 37.1 Å². The Bertz CT molecular complexity index is 2070. The molecule has 1 N–H and O–H groups in total. The normalized spacial score (nSPS) is 20.8. The number of anilines is 1. The predicted molar refractivity (Wildman–Crippen MR) is 177 cm³/mol. The SMILES string of the molecule is Cc1nnc(-c2c(CC3CCOCC3)nc3c(c2-c2cc4ccnc(N[C@@H]5CCc6ncccc65)c4s2)S(=O)(=O)CC3C(C)C)o1. The Labute approximate surface area is 272 Å². The molecule has 0 spiro atoms. The highest BCUT2D eigenvalue weighted by molar-refractivity contribution is 7.92. The minimum Gasteiger partial charge on any atom is -0.421 e. The average molecular weight is 657 g/mol. The lowest BCUT2D eigenvalue weighted by molar-refractivity contribution is 0.0663. The van der Waals surface area contributed by atoms with Gasteiger partial charge in [0.1, 0.15) is 5.82 Å². The topological polar surface area (TPSA) is 133 Å². The minimum absolute atomic E-state index is 0.0391. The maximum absolute atomic E-state index is 14.1. The summed E-state index contributed by atoms with van der Waals surface area (Å²) in [5.41, 5.74) is 5.05. The van der Waals surface area contributed by atoms with Crippen molar-refractivity contribution in [3.63, 3.8) is 0 Å². The molecule has 1 aliphatic carbocycles. The number of thiophene rings is 1. The van der Waals surface area contributed by atoms with Gasteiger partial charge in [0.15, 0.2) is 9.84 Å². The number of nitrogens with one attached hydrogen (secondary N) is 1. The summed E-state index contributed by atoms with van der Waals surface area (Å²) in [7, 11) is -3.66. The van der Waals surface area contributed by atoms with Crippen LogP contribution in [0.5, 0.6) is 0 Å². The van der Waals surface area contributed by atoms with Crippen molar-refractivity contribution < 1.29 is 17.6 Å². The largest absolute Gasteiger partial charge is 0.421 e. The van der Waals surface area contributed by atoms with E-state index in [9.17, 15) is 8.42 Å². The van der Waals surface area contributed by atoms with Gasteiger partial charge in [-0.1, -0.05) is 19.9 Å². The summed E-state index contributed by atoms with van der Waals surface area (Å²) in [6.45, 7) is 7.32. The maximum atomic E-state index is 14.1. The molecular formula is C34H36N6O4S2. The van der Waals surface area contributed by atoms with Crippen LogP contribution in [0.1, 0.15) is 73.6 Å². The molecule has 7 heterocycles. The Morgan fingerprint density at radius 2 is 1.91 bits per heavy atom. The Kier molecular flexibility index (Phi) is 7.41. The van der Waals surface area contributed by atoms with Crippen molar-refractivity contribution in [3.05, 3.63) is 65.2 Å². The zero-order chi connectivity index (χ0) is 31.6. The zero-order valence-electron chi connectivity index (χ0n) is 26.1. The van der Waals surface area contributed by atoms with Crippen LogP contribution < -0.4 is 5.32 Å². The molecule has 5 aromatic rings. The molecule has 0 amide bonds. The summed E-state index contributed by atoms with van der Waals surface area (Å²) in [4.78, 5) is 15.7. The molecule has 1 fully saturated rings. The fraction of sp³-hybridized carbons (Fsp3) is 0.441. The number of fused-ring (bicyclic) bond motifs is 3. The monoisotopic (exact) mass is 656 g/mol. The lowest BCUT2D eigenvalue weighted by atomic mass is 9.88. The summed E-state index contributed by atoms with van der Waals surface area (Å²) in [5.74, 6) is 1.80. The molecule has 8 rings (SSSR count). The number of pyridine rings is 3. The molecule has 5 aromatic heterocycles. The molecule has 3 aliphatic rings. The molecule has 0 radical (unpaired) electrons. The van der Waals surface area contributed by atoms with Crippen LogP contribution in [0.4, 0.5) is 5.82 Å². The molecule has 12 heteroatoms. The summed E-state index contributed by atoms with van der Waals surface area (Å²) in [6.07, 6.45) is 8.03. The maximum Gasteiger partial charge on any atom is 0.250 e. The second-order valence-corrected chi connectivity index (χ2v) is 16.0. The molecule has 2 aliphatic heterocycles. The summed E-state index contributed by atoms with van der Waals surface area (Å²) in [6, 6.07) is 8.27. The molecular weight excluding hydrogens is 621 g/mol. The number of ether oxygens (including phenoxy) is 1. The number of hydrogen-bond acceptors (Lipinski definition) is 11. The van der Waals surface area contributed by atoms with Crippen LogP contribution in [0.2, 0.25) is 0 Å². The third-order valence-electron chi connectivity index (χ3n) is 9.64. The average Bonchev–Trinajstić information content (AvgIpc) is 3.82. The Balaban J connectivity index is 1.34. The fourth-order valence-electron chi connectivity index (χ4n) is 7.26. The lowest BCUT2D eigenvalue weighted by Gasteiger charge is -2.24. The van der Waals surface area contributed by atoms with E-state index in [-0.39, 0.29) is 23.6 Å². The van der Waals surface area contributed by atoms with Crippen molar-refractivity contribution in [1.29, 1.82) is 0 Å². The van der Waals surface area contributed by atoms with Gasteiger partial charge >= 0.3 is 0 Å². The fourth-order valence-corrected chi connectivity index (χ4v) is 10.7. The highest BCUT2D eigenvalue weighted by Crippen LogP contribution is 2.51. The van der Waals surface area contributed by atoms with Gasteiger partial charge in [0.2, 0.25) is 11.8 Å². The third kappa shape index (κ3) is 5.10. The summed E-state index contributed by atoms with van der Waals surface area (Å²) >= 11 is 1.55. The van der Waals surface area contributed by atoms with Gasteiger partial charge in [-0.05, 0) is 73.1 Å². The van der Waals surface area contributed by atoms with Gasteiger partial charge < -0.3 is 14.5 Å². The van der Waals surface area contributed by atoms with Crippen LogP contribution in [0.3, 0.4) is 0 Å². The molecule has 1 saturated heterocycles. The molecule has 0 bridgehead atoms. The first-order valence-electron chi connectivity index (χ1n) is 16.0. The quantitative estimate of drug-likeness (QED) is 0.202. The summed E-state index contributed by atoms with van der Waals surface area (Å²) in [5, 5.41) is 13.3. The number of rotatable bonds is 7. The smallest absolute Gasteiger partial charge is 0.250 e. The lowest BCUT2D eigenvalue weighted by Crippen LogP contribution is -2.19. The van der Waals surface area contributed by atoms with Crippen molar-refractivity contribution in [3.8, 4) is 21.9 Å². The van der Waals surface area contributed by atoms with E-state index in [1.807, 2.05) is 24.5 Å². The summed E-state index contributed by atoms with van der Waals surface area (Å²) < 4.78 is 41.0. The molecule has 10 nitrogen and oxygen atoms in total. The zero-order valence-corrected chi connectivity index (χ0v) is 27.7. The van der Waals surface area contributed by atoms with Crippen molar-refractivity contribution in [2.45, 2.75) is 69.7 Å². The Morgan fingerprint density at radius 1 is 1.07 bits per heavy atom. The second-order valence-electron chi connectivity index (χ2n) is 13.0. The van der Waals surface area contributed by atoms with Crippen LogP contribution in [-0.2, 0) is 27.4 Å². The van der Waals surface area contributed by atoms with Gasteiger partial charge in [0.25, 0.3) is 0 Å². The van der Waals surface area contributed by atoms with E-state index in [0.29, 0.717) is 59.1 Å². The Hall–Kier alpha value is -3.74. The van der Waals surface area contributed by atoms with E-state index in [1.165, 1.54) is 5.56 Å². The number of aryl methyl sites for hydroxylation is 2. The number of hydrogen-bond donors (Lipinski definition) is 1. The van der Waals surface area contributed by atoms with Gasteiger partial charge in [0, 0.05) is 54.6 Å². The first-order valence-corrected chi connectivity index (χ1v) is 18.5. The molecule has 46 heavy (non-hydrogen) atoms. The van der Waals surface area contributed by atoms with Crippen LogP contribution in [-0.4, -0.2) is 52.5 Å². The van der Waals surface area contributed by atoms with Crippen LogP contribution in [0, 0.1) is 18.8 Å². The van der Waals surface area contributed by atoms with E-state index < -0.39 is 9.84 Å². The van der Waals surface area contributed by atoms with E-state index in [1.54, 1.807) is 18.3 Å². The van der Waals surface area contributed by atoms with Gasteiger partial charge in [-0.15, -0.1) is 21.5 Å². The molecule has 238 valence electrons. The first-order chi connectivity index (χ1) is 22.3. The van der Waals surface area contributed by atoms with Crippen molar-refractivity contribution in [2.24, 2.45) is 11.8 Å². The number of sulfone groups is 1. The molecule has 2 atom stereocenters. The van der Waals surface area contributed by atoms with Gasteiger partial charge in [-0.3, -0.25) is 9.97 Å². The minimum atomic E-state index is -3.66. The first kappa shape index (κ1) is 29.6. The number of aromatic nitrogens is 5. The van der Waals surface area contributed by atoms with Crippen LogP contribution >= 0.6 is 11.3 Å². The molecule has 1 unspecified atom stereocenters. The van der Waals surface area contributed by atoms with Crippen molar-refractivity contribution in [1.82, 2.24) is 25.1 Å². The second kappa shape index (κ2) is 11.5. The van der Waals surface area contributed by atoms with Crippen LogP contribution in [0.15, 0.2) is 46.0 Å². The predicted octanol–water partition coefficient (Wildman–Crippen LogP) is 6.71. The van der Waals surface area contributed by atoms with Gasteiger partial charge in [-0.25, -0.2) is 13.4 Å². The highest BCUT2D eigenvalue weighted by atomic mass is 32.2. The van der Waals surface area contributed by atoms with E-state index in [0.717, 1.165) is 57.9 Å². The highest BCUT2D eigenvalue weighted by Gasteiger charge is 2.43. The van der Waals surface area contributed by atoms with Crippen molar-refractivity contribution in [2.75, 3.05) is 24.3 Å². The third-order valence-corrected chi connectivity index (χ3v) is 12.7. The number of nitrogens with zero attached hydrogens (tertiary/aromatic N) is 5. The van der Waals surface area contributed by atoms with Gasteiger partial charge in [0.05, 0.1) is 38.3 Å². The molecule has 0 aromatic carbocycles. The van der Waals surface area contributed by atoms with E-state index in [2.05, 4.69) is 46.5 Å².